The lowest BCUT2D eigenvalue weighted by atomic mass is 9.53. The third kappa shape index (κ3) is 1.73. The highest BCUT2D eigenvalue weighted by atomic mass is 16.6. The lowest BCUT2D eigenvalue weighted by Gasteiger charge is -2.66. The van der Waals surface area contributed by atoms with Gasteiger partial charge in [0.25, 0.3) is 11.1 Å². The molecule has 5 rings (SSSR count). The van der Waals surface area contributed by atoms with Crippen molar-refractivity contribution in [2.45, 2.75) is 38.0 Å². The van der Waals surface area contributed by atoms with Gasteiger partial charge in [-0.1, -0.05) is 24.3 Å². The van der Waals surface area contributed by atoms with E-state index in [-0.39, 0.29) is 42.2 Å². The fourth-order valence-electron chi connectivity index (χ4n) is 5.31. The molecule has 0 N–H and O–H groups in total. The van der Waals surface area contributed by atoms with E-state index >= 15 is 0 Å². The van der Waals surface area contributed by atoms with Crippen molar-refractivity contribution in [2.75, 3.05) is 26.2 Å². The quantitative estimate of drug-likeness (QED) is 0.611. The van der Waals surface area contributed by atoms with E-state index in [2.05, 4.69) is 0 Å². The smallest absolute Gasteiger partial charge is 0.259 e. The number of nitrogens with zero attached hydrogens (tertiary/aromatic N) is 4. The summed E-state index contributed by atoms with van der Waals surface area (Å²) in [6.07, 6.45) is -0.126. The van der Waals surface area contributed by atoms with Crippen molar-refractivity contribution in [2.24, 2.45) is 5.41 Å². The summed E-state index contributed by atoms with van der Waals surface area (Å²) in [6.45, 7) is 6.42. The molecule has 1 aromatic rings. The van der Waals surface area contributed by atoms with Gasteiger partial charge in [0.05, 0.1) is 32.3 Å². The summed E-state index contributed by atoms with van der Waals surface area (Å²) in [4.78, 5) is 27.5. The Morgan fingerprint density at radius 1 is 0.960 bits per heavy atom. The van der Waals surface area contributed by atoms with Crippen molar-refractivity contribution in [1.29, 1.82) is 0 Å². The minimum absolute atomic E-state index is 0.126. The van der Waals surface area contributed by atoms with E-state index in [4.69, 9.17) is 0 Å². The summed E-state index contributed by atoms with van der Waals surface area (Å²) in [5.41, 5.74) is -1.48. The van der Waals surface area contributed by atoms with Gasteiger partial charge in [-0.3, -0.25) is 30.0 Å². The van der Waals surface area contributed by atoms with Crippen LogP contribution in [0.1, 0.15) is 31.1 Å². The van der Waals surface area contributed by atoms with Gasteiger partial charge < -0.3 is 0 Å². The zero-order chi connectivity index (χ0) is 18.2. The molecule has 4 fully saturated rings. The number of aryl methyl sites for hydroxylation is 1. The van der Waals surface area contributed by atoms with Gasteiger partial charge in [-0.05, 0) is 31.9 Å². The first-order chi connectivity index (χ1) is 11.7. The molecule has 8 nitrogen and oxygen atoms in total. The predicted molar refractivity (Wildman–Crippen MR) is 90.3 cm³/mol. The summed E-state index contributed by atoms with van der Waals surface area (Å²) in [5.74, 6) is 0. The summed E-state index contributed by atoms with van der Waals surface area (Å²) in [6, 6.07) is 7.94. The molecule has 8 heteroatoms. The Morgan fingerprint density at radius 2 is 1.40 bits per heavy atom. The zero-order valence-electron chi connectivity index (χ0n) is 14.6. The Balaban J connectivity index is 1.87. The molecular weight excluding hydrogens is 324 g/mol. The van der Waals surface area contributed by atoms with E-state index < -0.39 is 16.5 Å². The fourth-order valence-corrected chi connectivity index (χ4v) is 5.31. The molecule has 4 heterocycles. The standard InChI is InChI=1S/C17H22N4O4/c1-12-6-4-5-7-13(12)14-18-8-16(20(22)23)9-19(14)11-17(10-18,21(24)25)15(16,2)3/h4-7,14H,8-11H2,1-3H3. The van der Waals surface area contributed by atoms with E-state index in [1.54, 1.807) is 13.8 Å². The van der Waals surface area contributed by atoms with Gasteiger partial charge in [-0.15, -0.1) is 0 Å². The summed E-state index contributed by atoms with van der Waals surface area (Å²) in [7, 11) is 0. The summed E-state index contributed by atoms with van der Waals surface area (Å²) in [5, 5.41) is 24.1. The van der Waals surface area contributed by atoms with Crippen LogP contribution in [-0.4, -0.2) is 56.9 Å². The Labute approximate surface area is 145 Å². The van der Waals surface area contributed by atoms with Crippen LogP contribution in [-0.2, 0) is 0 Å². The lowest BCUT2D eigenvalue weighted by Crippen LogP contribution is -2.88. The second kappa shape index (κ2) is 4.76. The number of rotatable bonds is 3. The Bertz CT molecular complexity index is 726. The van der Waals surface area contributed by atoms with Gasteiger partial charge >= 0.3 is 0 Å². The number of piperidine rings is 2. The average molecular weight is 346 g/mol. The molecule has 0 amide bonds. The third-order valence-electron chi connectivity index (χ3n) is 7.04. The highest BCUT2D eigenvalue weighted by Crippen LogP contribution is 2.58. The van der Waals surface area contributed by atoms with Crippen LogP contribution in [0.5, 0.6) is 0 Å². The van der Waals surface area contributed by atoms with E-state index in [0.717, 1.165) is 11.1 Å². The van der Waals surface area contributed by atoms with E-state index in [1.807, 2.05) is 41.0 Å². The molecule has 0 aromatic heterocycles. The molecular formula is C17H22N4O4. The van der Waals surface area contributed by atoms with Crippen LogP contribution in [0.3, 0.4) is 0 Å². The SMILES string of the molecule is Cc1ccccc1C1N2CC3([N+](=O)[O-])CN1CC([N+](=O)[O-])(C2)C3(C)C. The second-order valence-electron chi connectivity index (χ2n) is 8.24. The molecule has 4 bridgehead atoms. The molecule has 0 unspecified atom stereocenters. The molecule has 0 saturated carbocycles. The number of hydrogen-bond donors (Lipinski definition) is 0. The van der Waals surface area contributed by atoms with Crippen LogP contribution < -0.4 is 0 Å². The number of hydrogen-bond acceptors (Lipinski definition) is 6. The van der Waals surface area contributed by atoms with Crippen LogP contribution in [0.15, 0.2) is 24.3 Å². The molecule has 0 spiro atoms. The maximum Gasteiger partial charge on any atom is 0.259 e. The molecule has 134 valence electrons. The highest BCUT2D eigenvalue weighted by molar-refractivity contribution is 5.33. The molecule has 4 aliphatic rings. The molecule has 4 aliphatic heterocycles. The van der Waals surface area contributed by atoms with Crippen LogP contribution in [0.4, 0.5) is 0 Å². The van der Waals surface area contributed by atoms with Crippen LogP contribution in [0, 0.1) is 32.6 Å². The van der Waals surface area contributed by atoms with E-state index in [0.29, 0.717) is 0 Å². The minimum atomic E-state index is -1.32. The molecule has 0 radical (unpaired) electrons. The number of nitro groups is 2. The van der Waals surface area contributed by atoms with Crippen LogP contribution in [0.2, 0.25) is 0 Å². The summed E-state index contributed by atoms with van der Waals surface area (Å²) >= 11 is 0. The molecule has 4 saturated heterocycles. The zero-order valence-corrected chi connectivity index (χ0v) is 14.6. The van der Waals surface area contributed by atoms with Crippen molar-refractivity contribution in [1.82, 2.24) is 9.80 Å². The van der Waals surface area contributed by atoms with Crippen LogP contribution in [0.25, 0.3) is 0 Å². The first-order valence-electron chi connectivity index (χ1n) is 8.49. The largest absolute Gasteiger partial charge is 0.270 e. The van der Waals surface area contributed by atoms with Crippen molar-refractivity contribution >= 4 is 0 Å². The van der Waals surface area contributed by atoms with E-state index in [1.165, 1.54) is 0 Å². The molecule has 25 heavy (non-hydrogen) atoms. The van der Waals surface area contributed by atoms with Gasteiger partial charge in [-0.25, -0.2) is 0 Å². The topological polar surface area (TPSA) is 92.8 Å². The lowest BCUT2D eigenvalue weighted by molar-refractivity contribution is -0.679. The van der Waals surface area contributed by atoms with Gasteiger partial charge in [0.2, 0.25) is 0 Å². The maximum absolute atomic E-state index is 12.1. The average Bonchev–Trinajstić information content (AvgIpc) is 2.52. The summed E-state index contributed by atoms with van der Waals surface area (Å²) < 4.78 is 0. The first kappa shape index (κ1) is 16.4. The van der Waals surface area contributed by atoms with Gasteiger partial charge in [0.15, 0.2) is 0 Å². The third-order valence-corrected chi connectivity index (χ3v) is 7.04. The molecule has 0 aliphatic carbocycles. The molecule has 1 aromatic carbocycles. The van der Waals surface area contributed by atoms with E-state index in [9.17, 15) is 20.2 Å². The molecule has 0 atom stereocenters. The first-order valence-corrected chi connectivity index (χ1v) is 8.49. The number of benzene rings is 1. The Hall–Kier alpha value is -2.06. The van der Waals surface area contributed by atoms with Crippen molar-refractivity contribution < 1.29 is 9.85 Å². The van der Waals surface area contributed by atoms with Gasteiger partial charge in [0, 0.05) is 9.85 Å². The van der Waals surface area contributed by atoms with Crippen molar-refractivity contribution in [3.63, 3.8) is 0 Å². The fraction of sp³-hybridized carbons (Fsp3) is 0.647. The van der Waals surface area contributed by atoms with Crippen molar-refractivity contribution in [3.05, 3.63) is 55.6 Å². The second-order valence-corrected chi connectivity index (χ2v) is 8.24. The Kier molecular flexibility index (Phi) is 3.13. The predicted octanol–water partition coefficient (Wildman–Crippen LogP) is 1.70. The van der Waals surface area contributed by atoms with Gasteiger partial charge in [0.1, 0.15) is 5.41 Å². The monoisotopic (exact) mass is 346 g/mol. The van der Waals surface area contributed by atoms with Crippen molar-refractivity contribution in [3.8, 4) is 0 Å². The normalized spacial score (nSPS) is 40.8. The van der Waals surface area contributed by atoms with Gasteiger partial charge in [-0.2, -0.15) is 0 Å². The minimum Gasteiger partial charge on any atom is -0.270 e. The maximum atomic E-state index is 12.1. The highest BCUT2D eigenvalue weighted by Gasteiger charge is 2.81. The van der Waals surface area contributed by atoms with Crippen LogP contribution >= 0.6 is 0 Å². The Morgan fingerprint density at radius 3 is 1.80 bits per heavy atom.